The van der Waals surface area contributed by atoms with Crippen LogP contribution in [0.1, 0.15) is 30.2 Å². The molecule has 2 aliphatic rings. The fraction of sp³-hybridized carbons (Fsp3) is 0.346. The first-order chi connectivity index (χ1) is 16.6. The summed E-state index contributed by atoms with van der Waals surface area (Å²) in [4.78, 5) is 21.4. The number of carbonyl (C=O) groups is 1. The Morgan fingerprint density at radius 2 is 1.74 bits per heavy atom. The van der Waals surface area contributed by atoms with Crippen molar-refractivity contribution in [3.8, 4) is 22.9 Å². The number of ether oxygens (including phenoxy) is 2. The summed E-state index contributed by atoms with van der Waals surface area (Å²) in [5.41, 5.74) is 2.96. The second kappa shape index (κ2) is 9.59. The molecule has 1 amide bonds. The van der Waals surface area contributed by atoms with E-state index in [0.717, 1.165) is 48.6 Å². The van der Waals surface area contributed by atoms with Crippen LogP contribution in [0.3, 0.4) is 0 Å². The van der Waals surface area contributed by atoms with Gasteiger partial charge in [-0.05, 0) is 60.9 Å². The van der Waals surface area contributed by atoms with E-state index < -0.39 is 0 Å². The number of nitrogens with zero attached hydrogens (tertiary/aromatic N) is 4. The Bertz CT molecular complexity index is 1180. The molecule has 1 aliphatic heterocycles. The molecule has 2 fully saturated rings. The van der Waals surface area contributed by atoms with Crippen molar-refractivity contribution in [1.29, 1.82) is 0 Å². The molecule has 2 heterocycles. The van der Waals surface area contributed by atoms with E-state index in [1.54, 1.807) is 20.3 Å². The molecule has 5 rings (SSSR count). The van der Waals surface area contributed by atoms with Crippen molar-refractivity contribution < 1.29 is 18.8 Å². The first kappa shape index (κ1) is 22.0. The van der Waals surface area contributed by atoms with Crippen LogP contribution in [0, 0.1) is 0 Å². The summed E-state index contributed by atoms with van der Waals surface area (Å²) in [6.07, 6.45) is 5.70. The first-order valence-corrected chi connectivity index (χ1v) is 11.5. The number of rotatable bonds is 7. The summed E-state index contributed by atoms with van der Waals surface area (Å²) in [5.74, 6) is 3.15. The number of carbonyl (C=O) groups excluding carboxylic acids is 1. The molecule has 2 aromatic carbocycles. The van der Waals surface area contributed by atoms with Crippen LogP contribution in [0.2, 0.25) is 0 Å². The van der Waals surface area contributed by atoms with Crippen molar-refractivity contribution in [1.82, 2.24) is 15.0 Å². The highest BCUT2D eigenvalue weighted by molar-refractivity contribution is 5.92. The maximum atomic E-state index is 12.7. The lowest BCUT2D eigenvalue weighted by Crippen LogP contribution is -2.48. The average molecular weight is 461 g/mol. The minimum atomic E-state index is 0.00774. The third-order valence-corrected chi connectivity index (χ3v) is 6.28. The van der Waals surface area contributed by atoms with Crippen molar-refractivity contribution in [3.63, 3.8) is 0 Å². The van der Waals surface area contributed by atoms with E-state index in [0.29, 0.717) is 36.3 Å². The lowest BCUT2D eigenvalue weighted by atomic mass is 10.1. The Morgan fingerprint density at radius 1 is 1.00 bits per heavy atom. The molecular formula is C26H28N4O4. The second-order valence-corrected chi connectivity index (χ2v) is 8.54. The van der Waals surface area contributed by atoms with Gasteiger partial charge >= 0.3 is 0 Å². The number of benzene rings is 2. The molecule has 1 aliphatic carbocycles. The molecule has 0 spiro atoms. The molecule has 0 atom stereocenters. The van der Waals surface area contributed by atoms with E-state index in [-0.39, 0.29) is 5.91 Å². The van der Waals surface area contributed by atoms with Gasteiger partial charge in [-0.15, -0.1) is 0 Å². The highest BCUT2D eigenvalue weighted by Gasteiger charge is 2.29. The van der Waals surface area contributed by atoms with Gasteiger partial charge in [0.15, 0.2) is 11.5 Å². The fourth-order valence-electron chi connectivity index (χ4n) is 4.08. The molecule has 8 nitrogen and oxygen atoms in total. The molecule has 0 unspecified atom stereocenters. The van der Waals surface area contributed by atoms with Gasteiger partial charge in [0.1, 0.15) is 0 Å². The quantitative estimate of drug-likeness (QED) is 0.493. The lowest BCUT2D eigenvalue weighted by molar-refractivity contribution is -0.126. The van der Waals surface area contributed by atoms with Crippen LogP contribution >= 0.6 is 0 Å². The lowest BCUT2D eigenvalue weighted by Gasteiger charge is -2.35. The van der Waals surface area contributed by atoms with Crippen LogP contribution in [0.4, 0.5) is 5.69 Å². The van der Waals surface area contributed by atoms with Gasteiger partial charge in [0.25, 0.3) is 0 Å². The monoisotopic (exact) mass is 460 g/mol. The third-order valence-electron chi connectivity index (χ3n) is 6.28. The molecule has 0 radical (unpaired) electrons. The van der Waals surface area contributed by atoms with Gasteiger partial charge in [-0.25, -0.2) is 0 Å². The number of piperazine rings is 1. The van der Waals surface area contributed by atoms with Gasteiger partial charge in [0, 0.05) is 49.4 Å². The van der Waals surface area contributed by atoms with Crippen LogP contribution in [0.5, 0.6) is 11.5 Å². The van der Waals surface area contributed by atoms with Gasteiger partial charge in [0.05, 0.1) is 14.2 Å². The third kappa shape index (κ3) is 4.76. The van der Waals surface area contributed by atoms with E-state index in [1.807, 2.05) is 41.3 Å². The predicted octanol–water partition coefficient (Wildman–Crippen LogP) is 3.99. The van der Waals surface area contributed by atoms with Gasteiger partial charge < -0.3 is 23.8 Å². The van der Waals surface area contributed by atoms with Crippen molar-refractivity contribution in [3.05, 3.63) is 60.0 Å². The van der Waals surface area contributed by atoms with Crippen molar-refractivity contribution >= 4 is 17.7 Å². The van der Waals surface area contributed by atoms with E-state index in [4.69, 9.17) is 14.0 Å². The number of anilines is 1. The zero-order valence-electron chi connectivity index (χ0n) is 19.4. The predicted molar refractivity (Wildman–Crippen MR) is 129 cm³/mol. The number of hydrogen-bond donors (Lipinski definition) is 0. The smallest absolute Gasteiger partial charge is 0.246 e. The summed E-state index contributed by atoms with van der Waals surface area (Å²) < 4.78 is 16.0. The van der Waals surface area contributed by atoms with Gasteiger partial charge in [0.2, 0.25) is 17.6 Å². The molecule has 1 saturated carbocycles. The van der Waals surface area contributed by atoms with Gasteiger partial charge in [-0.1, -0.05) is 11.2 Å². The Hall–Kier alpha value is -3.81. The number of aromatic nitrogens is 2. The molecule has 0 N–H and O–H groups in total. The molecular weight excluding hydrogens is 432 g/mol. The fourth-order valence-corrected chi connectivity index (χ4v) is 4.08. The minimum absolute atomic E-state index is 0.00774. The molecule has 8 heteroatoms. The molecule has 176 valence electrons. The molecule has 1 aromatic heterocycles. The highest BCUT2D eigenvalue weighted by Crippen LogP contribution is 2.39. The van der Waals surface area contributed by atoms with Crippen LogP contribution in [-0.4, -0.2) is 61.3 Å². The normalized spacial score (nSPS) is 16.2. The van der Waals surface area contributed by atoms with Gasteiger partial charge in [-0.2, -0.15) is 4.98 Å². The SMILES string of the molecule is COc1ccc(C=CC(=O)N2CCN(c3ccc(-c4noc(C5CC5)n4)cc3)CC2)cc1OC. The Balaban J connectivity index is 1.16. The zero-order chi connectivity index (χ0) is 23.5. The van der Waals surface area contributed by atoms with Crippen LogP contribution < -0.4 is 14.4 Å². The largest absolute Gasteiger partial charge is 0.493 e. The van der Waals surface area contributed by atoms with Crippen LogP contribution in [0.15, 0.2) is 53.1 Å². The Kier molecular flexibility index (Phi) is 6.20. The maximum absolute atomic E-state index is 12.7. The average Bonchev–Trinajstić information content (AvgIpc) is 3.63. The second-order valence-electron chi connectivity index (χ2n) is 8.54. The molecule has 3 aromatic rings. The first-order valence-electron chi connectivity index (χ1n) is 11.5. The topological polar surface area (TPSA) is 80.9 Å². The van der Waals surface area contributed by atoms with E-state index >= 15 is 0 Å². The summed E-state index contributed by atoms with van der Waals surface area (Å²) in [6, 6.07) is 13.8. The molecule has 1 saturated heterocycles. The number of hydrogen-bond acceptors (Lipinski definition) is 7. The van der Waals surface area contributed by atoms with Crippen LogP contribution in [-0.2, 0) is 4.79 Å². The van der Waals surface area contributed by atoms with Crippen molar-refractivity contribution in [2.75, 3.05) is 45.3 Å². The zero-order valence-corrected chi connectivity index (χ0v) is 19.4. The summed E-state index contributed by atoms with van der Waals surface area (Å²) in [7, 11) is 3.20. The summed E-state index contributed by atoms with van der Waals surface area (Å²) in [5, 5.41) is 4.11. The molecule has 34 heavy (non-hydrogen) atoms. The summed E-state index contributed by atoms with van der Waals surface area (Å²) in [6.45, 7) is 2.91. The maximum Gasteiger partial charge on any atom is 0.246 e. The van der Waals surface area contributed by atoms with E-state index in [2.05, 4.69) is 27.2 Å². The van der Waals surface area contributed by atoms with Crippen LogP contribution in [0.25, 0.3) is 17.5 Å². The van der Waals surface area contributed by atoms with Crippen molar-refractivity contribution in [2.45, 2.75) is 18.8 Å². The Morgan fingerprint density at radius 3 is 2.41 bits per heavy atom. The number of amides is 1. The summed E-state index contributed by atoms with van der Waals surface area (Å²) >= 11 is 0. The van der Waals surface area contributed by atoms with E-state index in [9.17, 15) is 4.79 Å². The highest BCUT2D eigenvalue weighted by atomic mass is 16.5. The number of methoxy groups -OCH3 is 2. The minimum Gasteiger partial charge on any atom is -0.493 e. The molecule has 0 bridgehead atoms. The van der Waals surface area contributed by atoms with E-state index in [1.165, 1.54) is 0 Å². The van der Waals surface area contributed by atoms with Gasteiger partial charge in [-0.3, -0.25) is 4.79 Å². The Labute approximate surface area is 198 Å². The standard InChI is InChI=1S/C26H28N4O4/c1-32-22-11-3-18(17-23(22)33-2)4-12-24(31)30-15-13-29(14-16-30)21-9-7-19(8-10-21)25-27-26(34-28-25)20-5-6-20/h3-4,7-12,17,20H,5-6,13-16H2,1-2H3. The van der Waals surface area contributed by atoms with Crippen molar-refractivity contribution in [2.24, 2.45) is 0 Å².